The minimum Gasteiger partial charge on any atom is -0.366 e. The molecule has 1 aliphatic heterocycles. The molecule has 0 fully saturated rings. The van der Waals surface area contributed by atoms with E-state index >= 15 is 0 Å². The highest BCUT2D eigenvalue weighted by Gasteiger charge is 2.40. The van der Waals surface area contributed by atoms with Crippen LogP contribution in [0.1, 0.15) is 20.7 Å². The summed E-state index contributed by atoms with van der Waals surface area (Å²) in [6.07, 6.45) is 0. The van der Waals surface area contributed by atoms with Gasteiger partial charge in [0.05, 0.1) is 27.9 Å². The zero-order valence-corrected chi connectivity index (χ0v) is 13.5. The Kier molecular flexibility index (Phi) is 4.13. The molecule has 7 nitrogen and oxygen atoms in total. The molecule has 0 unspecified atom stereocenters. The van der Waals surface area contributed by atoms with Crippen LogP contribution in [0, 0.1) is 10.1 Å². The number of nitrogens with one attached hydrogen (secondary N) is 1. The van der Waals surface area contributed by atoms with Gasteiger partial charge >= 0.3 is 0 Å². The van der Waals surface area contributed by atoms with Gasteiger partial charge in [0.25, 0.3) is 17.5 Å². The number of fused-ring (bicyclic) bond motifs is 1. The maximum absolute atomic E-state index is 12.4. The molecule has 0 spiro atoms. The predicted molar refractivity (Wildman–Crippen MR) is 88.5 cm³/mol. The van der Waals surface area contributed by atoms with Crippen LogP contribution in [0.5, 0.6) is 0 Å². The third-order valence-corrected chi connectivity index (χ3v) is 4.08. The van der Waals surface area contributed by atoms with Crippen LogP contribution in [0.15, 0.2) is 36.4 Å². The summed E-state index contributed by atoms with van der Waals surface area (Å²) in [5, 5.41) is 14.7. The van der Waals surface area contributed by atoms with E-state index in [9.17, 15) is 19.7 Å². The first-order valence-corrected chi connectivity index (χ1v) is 7.48. The molecule has 24 heavy (non-hydrogen) atoms. The minimum absolute atomic E-state index is 0.0122. The number of hydrogen-bond acceptors (Lipinski definition) is 5. The first-order chi connectivity index (χ1) is 11.4. The van der Waals surface area contributed by atoms with Crippen LogP contribution in [0.4, 0.5) is 11.4 Å². The van der Waals surface area contributed by atoms with E-state index < -0.39 is 22.4 Å². The smallest absolute Gasteiger partial charge is 0.282 e. The van der Waals surface area contributed by atoms with Gasteiger partial charge in [0, 0.05) is 11.1 Å². The number of benzene rings is 2. The number of hydrogen-bond donors (Lipinski definition) is 1. The fourth-order valence-electron chi connectivity index (χ4n) is 2.41. The van der Waals surface area contributed by atoms with Crippen LogP contribution in [0.25, 0.3) is 0 Å². The summed E-state index contributed by atoms with van der Waals surface area (Å²) in [5.41, 5.74) is -0.0975. The summed E-state index contributed by atoms with van der Waals surface area (Å²) in [5.74, 6) is -1.32. The van der Waals surface area contributed by atoms with E-state index in [1.807, 2.05) is 0 Å². The average Bonchev–Trinajstić information content (AvgIpc) is 2.78. The van der Waals surface area contributed by atoms with Gasteiger partial charge in [0.2, 0.25) is 0 Å². The summed E-state index contributed by atoms with van der Waals surface area (Å²) in [7, 11) is 0. The van der Waals surface area contributed by atoms with E-state index in [2.05, 4.69) is 5.32 Å². The lowest BCUT2D eigenvalue weighted by Crippen LogP contribution is -2.34. The van der Waals surface area contributed by atoms with Crippen LogP contribution >= 0.6 is 23.2 Å². The van der Waals surface area contributed by atoms with Gasteiger partial charge in [-0.3, -0.25) is 24.6 Å². The molecule has 9 heteroatoms. The van der Waals surface area contributed by atoms with Gasteiger partial charge in [0.1, 0.15) is 5.56 Å². The molecule has 0 atom stereocenters. The van der Waals surface area contributed by atoms with Gasteiger partial charge in [-0.15, -0.1) is 0 Å². The van der Waals surface area contributed by atoms with Gasteiger partial charge in [-0.1, -0.05) is 29.3 Å². The van der Waals surface area contributed by atoms with Crippen molar-refractivity contribution in [3.05, 3.63) is 67.7 Å². The minimum atomic E-state index is -0.722. The number of nitrogens with zero attached hydrogens (tertiary/aromatic N) is 2. The zero-order chi connectivity index (χ0) is 17.4. The topological polar surface area (TPSA) is 92.5 Å². The Morgan fingerprint density at radius 1 is 1.12 bits per heavy atom. The van der Waals surface area contributed by atoms with Crippen molar-refractivity contribution in [3.8, 4) is 0 Å². The molecule has 1 N–H and O–H groups in total. The molecule has 0 bridgehead atoms. The number of amides is 2. The fraction of sp³-hybridized carbons (Fsp3) is 0.0667. The summed E-state index contributed by atoms with van der Waals surface area (Å²) >= 11 is 11.8. The van der Waals surface area contributed by atoms with Crippen molar-refractivity contribution in [2.75, 3.05) is 12.0 Å². The molecule has 0 aromatic heterocycles. The lowest BCUT2D eigenvalue weighted by molar-refractivity contribution is -0.385. The Bertz CT molecular complexity index is 885. The van der Waals surface area contributed by atoms with E-state index in [1.54, 1.807) is 12.1 Å². The van der Waals surface area contributed by atoms with Crippen molar-refractivity contribution in [1.29, 1.82) is 0 Å². The summed E-state index contributed by atoms with van der Waals surface area (Å²) < 4.78 is 0. The highest BCUT2D eigenvalue weighted by atomic mass is 35.5. The summed E-state index contributed by atoms with van der Waals surface area (Å²) in [6, 6.07) is 8.66. The lowest BCUT2D eigenvalue weighted by Gasteiger charge is -2.16. The van der Waals surface area contributed by atoms with Gasteiger partial charge in [-0.05, 0) is 24.3 Å². The van der Waals surface area contributed by atoms with Crippen LogP contribution in [0.3, 0.4) is 0 Å². The molecule has 0 saturated heterocycles. The van der Waals surface area contributed by atoms with Gasteiger partial charge in [0.15, 0.2) is 0 Å². The second-order valence-electron chi connectivity index (χ2n) is 4.95. The Hall–Kier alpha value is -2.64. The van der Waals surface area contributed by atoms with Crippen molar-refractivity contribution < 1.29 is 14.5 Å². The van der Waals surface area contributed by atoms with Gasteiger partial charge in [-0.25, -0.2) is 0 Å². The molecule has 0 saturated carbocycles. The molecule has 0 aliphatic carbocycles. The van der Waals surface area contributed by atoms with Crippen molar-refractivity contribution in [1.82, 2.24) is 4.90 Å². The monoisotopic (exact) mass is 365 g/mol. The molecule has 1 heterocycles. The molecule has 2 aromatic rings. The third kappa shape index (κ3) is 2.68. The highest BCUT2D eigenvalue weighted by molar-refractivity contribution is 6.36. The Morgan fingerprint density at radius 3 is 2.54 bits per heavy atom. The van der Waals surface area contributed by atoms with Gasteiger partial charge < -0.3 is 5.32 Å². The van der Waals surface area contributed by atoms with E-state index in [1.165, 1.54) is 24.3 Å². The molecule has 2 amide bonds. The predicted octanol–water partition coefficient (Wildman–Crippen LogP) is 3.57. The number of anilines is 1. The molecule has 122 valence electrons. The van der Waals surface area contributed by atoms with E-state index in [4.69, 9.17) is 23.2 Å². The molecule has 0 radical (unpaired) electrons. The van der Waals surface area contributed by atoms with E-state index in [-0.39, 0.29) is 17.8 Å². The highest BCUT2D eigenvalue weighted by Crippen LogP contribution is 2.31. The largest absolute Gasteiger partial charge is 0.366 e. The number of nitro groups is 1. The first kappa shape index (κ1) is 16.2. The SMILES string of the molecule is O=C1c2cccc([N+](=O)[O-])c2C(=O)N1CNc1ccc(Cl)cc1Cl. The second kappa shape index (κ2) is 6.10. The van der Waals surface area contributed by atoms with Crippen molar-refractivity contribution >= 4 is 46.4 Å². The molecular weight excluding hydrogens is 357 g/mol. The molecule has 2 aromatic carbocycles. The van der Waals surface area contributed by atoms with Crippen LogP contribution < -0.4 is 5.32 Å². The fourth-order valence-corrected chi connectivity index (χ4v) is 2.88. The maximum Gasteiger partial charge on any atom is 0.282 e. The zero-order valence-electron chi connectivity index (χ0n) is 12.0. The van der Waals surface area contributed by atoms with Gasteiger partial charge in [-0.2, -0.15) is 0 Å². The van der Waals surface area contributed by atoms with Crippen LogP contribution in [-0.4, -0.2) is 28.3 Å². The molecule has 3 rings (SSSR count). The lowest BCUT2D eigenvalue weighted by atomic mass is 10.1. The standard InChI is InChI=1S/C15H9Cl2N3O4/c16-8-4-5-11(10(17)6-8)18-7-19-14(21)9-2-1-3-12(20(23)24)13(9)15(19)22/h1-6,18H,7H2. The normalized spacial score (nSPS) is 13.2. The number of halogens is 2. The Labute approximate surface area is 145 Å². The number of rotatable bonds is 4. The maximum atomic E-state index is 12.4. The van der Waals surface area contributed by atoms with E-state index in [0.29, 0.717) is 15.7 Å². The number of carbonyl (C=O) groups is 2. The summed E-state index contributed by atoms with van der Waals surface area (Å²) in [6.45, 7) is -0.176. The van der Waals surface area contributed by atoms with Crippen molar-refractivity contribution in [2.45, 2.75) is 0 Å². The Balaban J connectivity index is 1.86. The van der Waals surface area contributed by atoms with Crippen molar-refractivity contribution in [3.63, 3.8) is 0 Å². The molecular formula is C15H9Cl2N3O4. The average molecular weight is 366 g/mol. The van der Waals surface area contributed by atoms with E-state index in [0.717, 1.165) is 4.90 Å². The number of carbonyl (C=O) groups excluding carboxylic acids is 2. The van der Waals surface area contributed by atoms with Crippen molar-refractivity contribution in [2.24, 2.45) is 0 Å². The molecule has 1 aliphatic rings. The number of nitro benzene ring substituents is 1. The van der Waals surface area contributed by atoms with Crippen LogP contribution in [0.2, 0.25) is 10.0 Å². The second-order valence-corrected chi connectivity index (χ2v) is 5.80. The number of imide groups is 1. The van der Waals surface area contributed by atoms with Crippen LogP contribution in [-0.2, 0) is 0 Å². The quantitative estimate of drug-likeness (QED) is 0.507. The Morgan fingerprint density at radius 2 is 1.88 bits per heavy atom. The third-order valence-electron chi connectivity index (χ3n) is 3.53. The summed E-state index contributed by atoms with van der Waals surface area (Å²) in [4.78, 5) is 36.0. The first-order valence-electron chi connectivity index (χ1n) is 6.72.